The number of benzene rings is 12. The third kappa shape index (κ3) is 22.1. The predicted octanol–water partition coefficient (Wildman–Crippen LogP) is 8.71. The number of aryl methyl sites for hydroxylation is 2. The van der Waals surface area contributed by atoms with E-state index < -0.39 is 325 Å². The van der Waals surface area contributed by atoms with Crippen LogP contribution in [0.15, 0.2) is 170 Å². The Bertz CT molecular complexity index is 7010. The lowest BCUT2D eigenvalue weighted by Gasteiger charge is -2.43. The summed E-state index contributed by atoms with van der Waals surface area (Å²) in [5.74, 6) is -56.0. The van der Waals surface area contributed by atoms with Crippen LogP contribution in [-0.4, -0.2) is 257 Å². The molecule has 0 spiro atoms. The molecule has 0 amide bonds. The Labute approximate surface area is 798 Å². The van der Waals surface area contributed by atoms with E-state index in [1.165, 1.54) is 28.9 Å². The van der Waals surface area contributed by atoms with Gasteiger partial charge in [-0.2, -0.15) is 0 Å². The lowest BCUT2D eigenvalue weighted by molar-refractivity contribution is -0.282. The topological polar surface area (TPSA) is 784 Å². The third-order valence-corrected chi connectivity index (χ3v) is 21.1. The van der Waals surface area contributed by atoms with Crippen molar-refractivity contribution in [1.82, 2.24) is 4.90 Å². The highest BCUT2D eigenvalue weighted by molar-refractivity contribution is 6.00. The Balaban J connectivity index is 0.000000717. The first-order valence-electron chi connectivity index (χ1n) is 41.0. The maximum Gasteiger partial charge on any atom is 0.343 e. The number of fused-ring (bicyclic) bond motifs is 2. The summed E-state index contributed by atoms with van der Waals surface area (Å²) in [6.07, 6.45) is -11.6. The van der Waals surface area contributed by atoms with Crippen molar-refractivity contribution in [3.63, 3.8) is 0 Å². The first kappa shape index (κ1) is 101. The minimum absolute atomic E-state index is 0.295. The number of esters is 10. The fourth-order valence-electron chi connectivity index (χ4n) is 14.0. The number of para-hydroxylation sites is 2. The van der Waals surface area contributed by atoms with Crippen molar-refractivity contribution in [2.45, 2.75) is 50.0 Å². The van der Waals surface area contributed by atoms with E-state index in [9.17, 15) is 161 Å². The molecular formula is C95H76N2O46. The number of nitrogens with zero attached hydrogens (tertiary/aromatic N) is 2. The van der Waals surface area contributed by atoms with E-state index in [-0.39, 0.29) is 0 Å². The smallest absolute Gasteiger partial charge is 0.343 e. The zero-order valence-corrected chi connectivity index (χ0v) is 72.9. The summed E-state index contributed by atoms with van der Waals surface area (Å²) < 4.78 is 60.4. The molecule has 143 heavy (non-hydrogen) atoms. The van der Waals surface area contributed by atoms with Crippen LogP contribution >= 0.6 is 0 Å². The van der Waals surface area contributed by atoms with Gasteiger partial charge in [0.2, 0.25) is 41.1 Å². The number of rotatable bonds is 25. The maximum absolute atomic E-state index is 15.3. The largest absolute Gasteiger partial charge is 0.504 e. The lowest BCUT2D eigenvalue weighted by Crippen LogP contribution is -2.63. The molecule has 0 saturated carbocycles. The monoisotopic (exact) mass is 1980 g/mol. The van der Waals surface area contributed by atoms with Crippen molar-refractivity contribution in [2.75, 3.05) is 38.7 Å². The first-order chi connectivity index (χ1) is 67.6. The van der Waals surface area contributed by atoms with Crippen molar-refractivity contribution in [3.05, 3.63) is 237 Å². The van der Waals surface area contributed by atoms with Gasteiger partial charge >= 0.3 is 59.7 Å². The van der Waals surface area contributed by atoms with Crippen molar-refractivity contribution < 1.29 is 228 Å². The zero-order valence-electron chi connectivity index (χ0n) is 72.9. The molecule has 14 rings (SSSR count). The molecule has 1 fully saturated rings. The summed E-state index contributed by atoms with van der Waals surface area (Å²) in [6.45, 7) is 0.494. The Hall–Kier alpha value is -19.9. The van der Waals surface area contributed by atoms with Crippen LogP contribution in [0.1, 0.15) is 121 Å². The van der Waals surface area contributed by atoms with Crippen LogP contribution in [0.5, 0.6) is 172 Å². The summed E-state index contributed by atoms with van der Waals surface area (Å²) in [5.41, 5.74) is -4.17. The lowest BCUT2D eigenvalue weighted by atomic mass is 9.97. The van der Waals surface area contributed by atoms with Crippen molar-refractivity contribution >= 4 is 71.1 Å². The quantitative estimate of drug-likeness (QED) is 0.0110. The van der Waals surface area contributed by atoms with Gasteiger partial charge in [0.1, 0.15) is 12.7 Å². The highest BCUT2D eigenvalue weighted by Crippen LogP contribution is 2.49. The number of carbonyl (C=O) groups excluding carboxylic acids is 10. The summed E-state index contributed by atoms with van der Waals surface area (Å²) >= 11 is 0. The molecule has 2 aliphatic heterocycles. The highest BCUT2D eigenvalue weighted by atomic mass is 16.8. The van der Waals surface area contributed by atoms with Crippen LogP contribution in [0.2, 0.25) is 0 Å². The summed E-state index contributed by atoms with van der Waals surface area (Å²) in [7, 11) is 4.29. The SMILES string of the molecule is CN(C)CCCN1c2ccccc2CCc2ccccc21.O=C(OC[C@H]1O[C@@H](OC(=O)c2cc(O)c(O)c(OC(=O)c3cc(O)c(O)c(O)c3)c2)[C@H](OC(=O)c2cc(O)c(O)c(OC(=O)c3cc(O)c(O)c(O)c3)c2)[C@@H](OC(=O)c2cc(O)c(O)c(OC(=O)c3cc(O)c(O)c(O)c3)c2)[C@@H]1OC(=O)c1cc(O)c(O)c(OC(=O)c2cc(O)c(O)c(O)c2)c1)c1cc(O)c(O)c(OC(=O)c2cc(O)c(O)c(O)c2)c1. The molecule has 0 unspecified atom stereocenters. The maximum atomic E-state index is 15.3. The second kappa shape index (κ2) is 41.3. The second-order valence-corrected chi connectivity index (χ2v) is 31.2. The number of phenolic OH excluding ortho intramolecular Hbond substituents is 25. The number of hydrogen-bond donors (Lipinski definition) is 25. The van der Waals surface area contributed by atoms with Crippen LogP contribution in [-0.2, 0) is 41.3 Å². The van der Waals surface area contributed by atoms with Gasteiger partial charge in [-0.3, -0.25) is 0 Å². The third-order valence-electron chi connectivity index (χ3n) is 21.1. The van der Waals surface area contributed by atoms with Gasteiger partial charge in [-0.15, -0.1) is 0 Å². The zero-order chi connectivity index (χ0) is 104. The number of hydrogen-bond acceptors (Lipinski definition) is 48. The van der Waals surface area contributed by atoms with Crippen molar-refractivity contribution in [1.29, 1.82) is 0 Å². The van der Waals surface area contributed by atoms with Gasteiger partial charge in [-0.25, -0.2) is 47.9 Å². The summed E-state index contributed by atoms with van der Waals surface area (Å²) in [6, 6.07) is 26.3. The van der Waals surface area contributed by atoms with E-state index >= 15 is 14.4 Å². The molecule has 12 aromatic carbocycles. The molecule has 25 N–H and O–H groups in total. The van der Waals surface area contributed by atoms with Gasteiger partial charge in [0.15, 0.2) is 156 Å². The van der Waals surface area contributed by atoms with Gasteiger partial charge in [0.25, 0.3) is 0 Å². The summed E-state index contributed by atoms with van der Waals surface area (Å²) in [4.78, 5) is 147. The van der Waals surface area contributed by atoms with E-state index in [0.29, 0.717) is 121 Å². The van der Waals surface area contributed by atoms with Gasteiger partial charge in [-0.1, -0.05) is 36.4 Å². The predicted molar refractivity (Wildman–Crippen MR) is 473 cm³/mol. The Morgan fingerprint density at radius 1 is 0.280 bits per heavy atom. The molecule has 48 nitrogen and oxygen atoms in total. The van der Waals surface area contributed by atoms with Crippen LogP contribution < -0.4 is 28.6 Å². The van der Waals surface area contributed by atoms with Gasteiger partial charge in [0, 0.05) is 17.9 Å². The van der Waals surface area contributed by atoms with E-state index in [2.05, 4.69) is 72.4 Å². The Kier molecular flexibility index (Phi) is 29.0. The molecule has 2 heterocycles. The molecule has 12 aromatic rings. The minimum atomic E-state index is -3.12. The molecule has 742 valence electrons. The molecule has 0 aliphatic carbocycles. The Morgan fingerprint density at radius 2 is 0.503 bits per heavy atom. The fourth-order valence-corrected chi connectivity index (χ4v) is 14.0. The summed E-state index contributed by atoms with van der Waals surface area (Å²) in [5, 5.41) is 261. The van der Waals surface area contributed by atoms with Crippen LogP contribution in [0, 0.1) is 0 Å². The number of anilines is 2. The molecule has 2 aliphatic rings. The van der Waals surface area contributed by atoms with Gasteiger partial charge in [0.05, 0.1) is 55.6 Å². The van der Waals surface area contributed by atoms with E-state index in [0.717, 1.165) is 25.9 Å². The minimum Gasteiger partial charge on any atom is -0.504 e. The van der Waals surface area contributed by atoms with Crippen molar-refractivity contribution in [2.24, 2.45) is 0 Å². The average Bonchev–Trinajstić information content (AvgIpc) is 1.19. The molecule has 0 aromatic heterocycles. The number of phenols is 25. The number of aromatic hydroxyl groups is 25. The molecular weight excluding hydrogens is 1910 g/mol. The van der Waals surface area contributed by atoms with Crippen LogP contribution in [0.3, 0.4) is 0 Å². The second-order valence-electron chi connectivity index (χ2n) is 31.2. The van der Waals surface area contributed by atoms with Gasteiger partial charge in [-0.05, 0) is 184 Å². The normalized spacial score (nSPS) is 14.5. The fraction of sp³-hybridized carbons (Fsp3) is 0.137. The molecule has 5 atom stereocenters. The van der Waals surface area contributed by atoms with Crippen LogP contribution in [0.25, 0.3) is 0 Å². The Morgan fingerprint density at radius 3 is 0.769 bits per heavy atom. The van der Waals surface area contributed by atoms with E-state index in [1.54, 1.807) is 0 Å². The van der Waals surface area contributed by atoms with Gasteiger partial charge < -0.3 is 190 Å². The van der Waals surface area contributed by atoms with E-state index in [1.807, 2.05) is 0 Å². The van der Waals surface area contributed by atoms with Crippen LogP contribution in [0.4, 0.5) is 11.4 Å². The molecule has 48 heteroatoms. The molecule has 1 saturated heterocycles. The molecule has 0 bridgehead atoms. The average molecular weight is 1980 g/mol. The number of carbonyl (C=O) groups is 10. The van der Waals surface area contributed by atoms with E-state index in [4.69, 9.17) is 52.1 Å². The highest BCUT2D eigenvalue weighted by Gasteiger charge is 2.55. The number of ether oxygens (including phenoxy) is 11. The first-order valence-corrected chi connectivity index (χ1v) is 41.0. The molecule has 0 radical (unpaired) electrons. The van der Waals surface area contributed by atoms with Crippen molar-refractivity contribution in [3.8, 4) is 172 Å². The standard InChI is InChI=1S/C76H52O46.C19H24N2/c77-32-1-22(2-33(78)53(32)92)67(103)113-47-16-27(11-42(87)58(47)97)66(102)112-21-52-63(119-72(108)28-12-43(88)59(98)48(17-28)114-68(104)23-3-34(79)54(93)35(80)4-23)64(120-73(109)29-13-44(89)60(99)49(18-29)115-69(105)24-5-36(81)55(94)37(82)6-24)65(121-74(110)30-14-45(90)61(100)50(19-30)116-70(106)25-7-38(83)56(95)39(84)8-25)76(118-52)122-75(111)31-15-46(91)62(101)51(20-31)117-71(107)26-9-40(85)57(96)41(86)10-26;1-20(2)14-7-15-21-18-10-5-3-8-16(18)12-13-17-9-4-6-11-19(17)21/h1-20,52,63-65,76-101H,21H2;3-6,8-11H,7,12-15H2,1-2H3/t52-,63-,64+,65-,76+;/m1./s1.